The largest absolute Gasteiger partial charge is 2.00 e. The van der Waals surface area contributed by atoms with Gasteiger partial charge in [-0.1, -0.05) is 0 Å². The van der Waals surface area contributed by atoms with Crippen LogP contribution in [-0.4, -0.2) is 94.8 Å². The van der Waals surface area contributed by atoms with Crippen molar-refractivity contribution in [3.63, 3.8) is 0 Å². The predicted octanol–water partition coefficient (Wildman–Crippen LogP) is -5.11. The molecule has 0 aromatic rings. The summed E-state index contributed by atoms with van der Waals surface area (Å²) >= 11 is 0. The van der Waals surface area contributed by atoms with E-state index in [2.05, 4.69) is 0 Å². The fourth-order valence-electron chi connectivity index (χ4n) is 0. The zero-order chi connectivity index (χ0) is 12.3. The van der Waals surface area contributed by atoms with E-state index in [1.807, 2.05) is 0 Å². The van der Waals surface area contributed by atoms with Crippen molar-refractivity contribution >= 4 is 83.7 Å². The van der Waals surface area contributed by atoms with Crippen molar-refractivity contribution in [1.29, 1.82) is 0 Å². The van der Waals surface area contributed by atoms with E-state index in [1.54, 1.807) is 0 Å². The van der Waals surface area contributed by atoms with E-state index in [0.717, 1.165) is 13.3 Å². The van der Waals surface area contributed by atoms with Gasteiger partial charge < -0.3 is 0 Å². The van der Waals surface area contributed by atoms with Crippen LogP contribution in [0.3, 0.4) is 0 Å². The first kappa shape index (κ1) is 32.0. The van der Waals surface area contributed by atoms with Gasteiger partial charge in [-0.3, -0.25) is 0 Å². The molecule has 0 amide bonds. The molecule has 92 valence electrons. The minimum Gasteiger partial charge on any atom is 2.00 e. The topological polar surface area (TPSA) is 138 Å². The average Bonchev–Trinajstić information content (AvgIpc) is 1.83. The van der Waals surface area contributed by atoms with E-state index >= 15 is 0 Å². The Bertz CT molecular complexity index is 159. The molecule has 0 N–H and O–H groups in total. The van der Waals surface area contributed by atoms with E-state index in [0.29, 0.717) is 0 Å². The smallest absolute Gasteiger partial charge is 2.00 e. The van der Waals surface area contributed by atoms with Crippen LogP contribution in [0.25, 0.3) is 0 Å². The molecule has 0 saturated heterocycles. The summed E-state index contributed by atoms with van der Waals surface area (Å²) in [6.07, 6.45) is -0.600. The molecule has 11 heteroatoms. The summed E-state index contributed by atoms with van der Waals surface area (Å²) < 4.78 is 0. The Hall–Kier alpha value is 2.92. The van der Waals surface area contributed by atoms with Gasteiger partial charge in [-0.05, 0) is 0 Å². The Kier molecular flexibility index (Phi) is 18.4. The molecule has 0 fully saturated rings. The monoisotopic (exact) mass is 318 g/mol. The van der Waals surface area contributed by atoms with E-state index in [-0.39, 0.29) is 81.5 Å². The van der Waals surface area contributed by atoms with Crippen LogP contribution in [0.1, 0.15) is 13.8 Å². The van der Waals surface area contributed by atoms with Crippen LogP contribution >= 0.6 is 14.6 Å². The number of hydrogen-bond donors (Lipinski definition) is 0. The Morgan fingerprint density at radius 1 is 0.588 bits per heavy atom. The van der Waals surface area contributed by atoms with Gasteiger partial charge in [0.15, 0.2) is 0 Å². The maximum absolute atomic E-state index is 10.1. The van der Waals surface area contributed by atoms with E-state index < -0.39 is 14.6 Å². The standard InChI is InChI=1S/2C3H8O3P.3Mg/c2*1-3-7(2,4,5)6;;;/h2*3H2,1-2H3;;;/q2*-3;3*+2. The van der Waals surface area contributed by atoms with Gasteiger partial charge in [0, 0.05) is 0 Å². The molecule has 0 bridgehead atoms. The average molecular weight is 319 g/mol. The maximum Gasteiger partial charge on any atom is 2.00 e. The summed E-state index contributed by atoms with van der Waals surface area (Å²) in [5, 5.41) is 0. The summed E-state index contributed by atoms with van der Waals surface area (Å²) in [7, 11) is -9.65. The second-order valence-electron chi connectivity index (χ2n) is 3.58. The Morgan fingerprint density at radius 3 is 0.647 bits per heavy atom. The van der Waals surface area contributed by atoms with Crippen LogP contribution in [-0.2, 0) is 0 Å². The van der Waals surface area contributed by atoms with Crippen molar-refractivity contribution in [3.05, 3.63) is 0 Å². The molecule has 17 heavy (non-hydrogen) atoms. The molecule has 0 aliphatic carbocycles. The summed E-state index contributed by atoms with van der Waals surface area (Å²) in [4.78, 5) is 60.4. The zero-order valence-electron chi connectivity index (χ0n) is 10.9. The fourth-order valence-corrected chi connectivity index (χ4v) is 0. The Labute approximate surface area is 151 Å². The molecule has 0 aliphatic rings. The Morgan fingerprint density at radius 2 is 0.647 bits per heavy atom. The van der Waals surface area contributed by atoms with Crippen molar-refractivity contribution < 1.29 is 29.4 Å². The summed E-state index contributed by atoms with van der Waals surface area (Å²) in [5.74, 6) is 0. The van der Waals surface area contributed by atoms with Crippen LogP contribution in [0.4, 0.5) is 0 Å². The number of rotatable bonds is 2. The molecular formula is C6H16Mg3O6P2. The van der Waals surface area contributed by atoms with Gasteiger partial charge in [-0.2, -0.15) is 0 Å². The van der Waals surface area contributed by atoms with Crippen LogP contribution in [0.2, 0.25) is 0 Å². The molecule has 0 radical (unpaired) electrons. The van der Waals surface area contributed by atoms with Gasteiger partial charge in [0.1, 0.15) is 0 Å². The SMILES string of the molecule is CCP(C)([O-])([O-])[O-].CCP(C)([O-])([O-])[O-].[Mg+2].[Mg+2].[Mg+2]. The Balaban J connectivity index is -0.0000000480. The molecule has 0 aromatic heterocycles. The zero-order valence-corrected chi connectivity index (χ0v) is 16.9. The van der Waals surface area contributed by atoms with Crippen LogP contribution in [0.5, 0.6) is 0 Å². The third-order valence-electron chi connectivity index (χ3n) is 1.41. The first-order valence-electron chi connectivity index (χ1n) is 4.04. The number of hydrogen-bond acceptors (Lipinski definition) is 6. The molecule has 0 spiro atoms. The molecule has 6 nitrogen and oxygen atoms in total. The molecule has 0 unspecified atom stereocenters. The second kappa shape index (κ2) is 9.78. The molecule has 0 aliphatic heterocycles. The molecule has 0 rings (SSSR count). The maximum atomic E-state index is 10.1. The fraction of sp³-hybridized carbons (Fsp3) is 1.00. The van der Waals surface area contributed by atoms with Crippen molar-refractivity contribution in [2.24, 2.45) is 0 Å². The summed E-state index contributed by atoms with van der Waals surface area (Å²) in [5.41, 5.74) is 0. The van der Waals surface area contributed by atoms with Gasteiger partial charge in [0.2, 0.25) is 0 Å². The van der Waals surface area contributed by atoms with Crippen molar-refractivity contribution in [2.45, 2.75) is 13.8 Å². The van der Waals surface area contributed by atoms with Crippen molar-refractivity contribution in [3.8, 4) is 0 Å². The van der Waals surface area contributed by atoms with Gasteiger partial charge in [0.25, 0.3) is 0 Å². The summed E-state index contributed by atoms with van der Waals surface area (Å²) in [6.45, 7) is 4.13. The second-order valence-corrected chi connectivity index (χ2v) is 10.7. The first-order chi connectivity index (χ1) is 5.62. The van der Waals surface area contributed by atoms with E-state index in [9.17, 15) is 29.4 Å². The van der Waals surface area contributed by atoms with E-state index in [4.69, 9.17) is 0 Å². The molecule has 0 saturated carbocycles. The van der Waals surface area contributed by atoms with Crippen LogP contribution < -0.4 is 29.4 Å². The van der Waals surface area contributed by atoms with Crippen molar-refractivity contribution in [2.75, 3.05) is 25.7 Å². The molecule has 0 aromatic carbocycles. The third-order valence-corrected chi connectivity index (χ3v) is 4.22. The normalized spacial score (nSPS) is 14.9. The predicted molar refractivity (Wildman–Crippen MR) is 64.0 cm³/mol. The van der Waals surface area contributed by atoms with Crippen LogP contribution in [0, 0.1) is 0 Å². The molecule has 0 atom stereocenters. The quantitative estimate of drug-likeness (QED) is 0.368. The van der Waals surface area contributed by atoms with E-state index in [1.165, 1.54) is 13.8 Å². The third kappa shape index (κ3) is 45.4. The van der Waals surface area contributed by atoms with Gasteiger partial charge in [-0.25, -0.2) is 0 Å². The minimum absolute atomic E-state index is 0. The van der Waals surface area contributed by atoms with Crippen LogP contribution in [0.15, 0.2) is 0 Å². The minimum atomic E-state index is -4.83. The summed E-state index contributed by atoms with van der Waals surface area (Å²) in [6, 6.07) is 0. The molecule has 0 heterocycles. The van der Waals surface area contributed by atoms with Gasteiger partial charge in [-0.15, -0.1) is 0 Å². The first-order valence-corrected chi connectivity index (χ1v) is 9.28. The van der Waals surface area contributed by atoms with Gasteiger partial charge >= 0.3 is 153 Å². The van der Waals surface area contributed by atoms with Gasteiger partial charge in [0.05, 0.1) is 0 Å². The van der Waals surface area contributed by atoms with Crippen molar-refractivity contribution in [1.82, 2.24) is 0 Å². The molecular weight excluding hydrogens is 303 g/mol.